The molecule has 1 heterocycles. The van der Waals surface area contributed by atoms with E-state index in [0.29, 0.717) is 0 Å². The number of nitrogen functional groups attached to an aromatic ring is 1. The monoisotopic (exact) mass is 278 g/mol. The van der Waals surface area contributed by atoms with Crippen molar-refractivity contribution in [1.82, 2.24) is 4.98 Å². The average molecular weight is 279 g/mol. The predicted molar refractivity (Wildman–Crippen MR) is 63.5 cm³/mol. The molecule has 4 nitrogen and oxygen atoms in total. The summed E-state index contributed by atoms with van der Waals surface area (Å²) in [4.78, 5) is 15.1. The van der Waals surface area contributed by atoms with Gasteiger partial charge in [0.25, 0.3) is 6.43 Å². The third-order valence-corrected chi connectivity index (χ3v) is 2.62. The first-order chi connectivity index (χ1) is 8.51. The Kier molecular flexibility index (Phi) is 5.27. The number of hydrogen-bond donors (Lipinski definition) is 1. The number of hydrogen-bond acceptors (Lipinski definition) is 4. The molecule has 100 valence electrons. The molecule has 7 heteroatoms. The van der Waals surface area contributed by atoms with Crippen molar-refractivity contribution in [3.8, 4) is 0 Å². The van der Waals surface area contributed by atoms with Crippen molar-refractivity contribution >= 4 is 23.4 Å². The molecule has 1 aromatic rings. The molecule has 0 aliphatic carbocycles. The number of esters is 1. The van der Waals surface area contributed by atoms with Crippen LogP contribution in [0.2, 0.25) is 0 Å². The van der Waals surface area contributed by atoms with Crippen LogP contribution in [0.3, 0.4) is 0 Å². The SMILES string of the molecule is CCOC(=O)Cc1c(N)ncc(CCl)c1C(F)F. The second-order valence-corrected chi connectivity index (χ2v) is 3.74. The van der Waals surface area contributed by atoms with Gasteiger partial charge in [-0.3, -0.25) is 4.79 Å². The standard InChI is InChI=1S/C11H13ClF2N2O2/c1-2-18-8(17)3-7-9(10(13)14)6(4-12)5-16-11(7)15/h5,10H,2-4H2,1H3,(H2,15,16). The Morgan fingerprint density at radius 3 is 2.78 bits per heavy atom. The van der Waals surface area contributed by atoms with Gasteiger partial charge in [-0.15, -0.1) is 11.6 Å². The van der Waals surface area contributed by atoms with E-state index < -0.39 is 12.4 Å². The Bertz CT molecular complexity index is 441. The van der Waals surface area contributed by atoms with Crippen LogP contribution in [0.15, 0.2) is 6.20 Å². The first-order valence-electron chi connectivity index (χ1n) is 5.27. The van der Waals surface area contributed by atoms with Gasteiger partial charge in [0.05, 0.1) is 13.0 Å². The van der Waals surface area contributed by atoms with Crippen LogP contribution in [-0.4, -0.2) is 17.6 Å². The number of carbonyl (C=O) groups is 1. The van der Waals surface area contributed by atoms with E-state index in [1.54, 1.807) is 6.92 Å². The first kappa shape index (κ1) is 14.6. The Hall–Kier alpha value is -1.43. The van der Waals surface area contributed by atoms with Crippen molar-refractivity contribution in [1.29, 1.82) is 0 Å². The second-order valence-electron chi connectivity index (χ2n) is 3.48. The maximum absolute atomic E-state index is 13.0. The highest BCUT2D eigenvalue weighted by Crippen LogP contribution is 2.30. The summed E-state index contributed by atoms with van der Waals surface area (Å²) in [6, 6.07) is 0. The van der Waals surface area contributed by atoms with E-state index in [4.69, 9.17) is 22.1 Å². The maximum Gasteiger partial charge on any atom is 0.310 e. The highest BCUT2D eigenvalue weighted by atomic mass is 35.5. The van der Waals surface area contributed by atoms with E-state index in [0.717, 1.165) is 0 Å². The number of nitrogens with zero attached hydrogens (tertiary/aromatic N) is 1. The van der Waals surface area contributed by atoms with Gasteiger partial charge >= 0.3 is 5.97 Å². The lowest BCUT2D eigenvalue weighted by atomic mass is 10.0. The van der Waals surface area contributed by atoms with Gasteiger partial charge in [0.2, 0.25) is 0 Å². The number of nitrogens with two attached hydrogens (primary N) is 1. The molecule has 0 radical (unpaired) electrons. The molecule has 0 bridgehead atoms. The molecule has 0 aromatic carbocycles. The van der Waals surface area contributed by atoms with E-state index >= 15 is 0 Å². The number of carbonyl (C=O) groups excluding carboxylic acids is 1. The number of anilines is 1. The molecule has 1 aromatic heterocycles. The Balaban J connectivity index is 3.18. The summed E-state index contributed by atoms with van der Waals surface area (Å²) in [5, 5.41) is 0. The summed E-state index contributed by atoms with van der Waals surface area (Å²) in [6.07, 6.45) is -1.91. The molecule has 0 aliphatic rings. The van der Waals surface area contributed by atoms with Crippen molar-refractivity contribution in [3.63, 3.8) is 0 Å². The quantitative estimate of drug-likeness (QED) is 0.664. The van der Waals surface area contributed by atoms with Gasteiger partial charge in [-0.05, 0) is 12.5 Å². The third kappa shape index (κ3) is 3.29. The minimum Gasteiger partial charge on any atom is -0.466 e. The highest BCUT2D eigenvalue weighted by molar-refractivity contribution is 6.17. The van der Waals surface area contributed by atoms with E-state index in [1.807, 2.05) is 0 Å². The summed E-state index contributed by atoms with van der Waals surface area (Å²) in [5.41, 5.74) is 5.36. The minimum absolute atomic E-state index is 0.0124. The van der Waals surface area contributed by atoms with E-state index in [9.17, 15) is 13.6 Å². The van der Waals surface area contributed by atoms with Crippen LogP contribution in [0.5, 0.6) is 0 Å². The van der Waals surface area contributed by atoms with Crippen LogP contribution in [-0.2, 0) is 21.8 Å². The van der Waals surface area contributed by atoms with Crippen LogP contribution in [0, 0.1) is 0 Å². The molecule has 0 amide bonds. The normalized spacial score (nSPS) is 10.7. The van der Waals surface area contributed by atoms with Crippen molar-refractivity contribution in [2.45, 2.75) is 25.7 Å². The lowest BCUT2D eigenvalue weighted by molar-refractivity contribution is -0.142. The molecular formula is C11H13ClF2N2O2. The van der Waals surface area contributed by atoms with E-state index in [1.165, 1.54) is 6.20 Å². The lowest BCUT2D eigenvalue weighted by Gasteiger charge is -2.14. The molecule has 0 aliphatic heterocycles. The number of aromatic nitrogens is 1. The van der Waals surface area contributed by atoms with Gasteiger partial charge in [0, 0.05) is 23.2 Å². The van der Waals surface area contributed by atoms with Gasteiger partial charge in [-0.25, -0.2) is 13.8 Å². The third-order valence-electron chi connectivity index (χ3n) is 2.33. The molecule has 0 saturated heterocycles. The smallest absolute Gasteiger partial charge is 0.310 e. The van der Waals surface area contributed by atoms with Crippen LogP contribution in [0.4, 0.5) is 14.6 Å². The van der Waals surface area contributed by atoms with E-state index in [-0.39, 0.29) is 41.4 Å². The van der Waals surface area contributed by atoms with Crippen molar-refractivity contribution in [2.24, 2.45) is 0 Å². The number of alkyl halides is 3. The number of rotatable bonds is 5. The molecule has 0 unspecified atom stereocenters. The van der Waals surface area contributed by atoms with Crippen LogP contribution >= 0.6 is 11.6 Å². The highest BCUT2D eigenvalue weighted by Gasteiger charge is 2.22. The Labute approximate surface area is 108 Å². The molecule has 18 heavy (non-hydrogen) atoms. The fourth-order valence-corrected chi connectivity index (χ4v) is 1.76. The first-order valence-corrected chi connectivity index (χ1v) is 5.80. The van der Waals surface area contributed by atoms with Crippen molar-refractivity contribution in [2.75, 3.05) is 12.3 Å². The van der Waals surface area contributed by atoms with Crippen LogP contribution in [0.1, 0.15) is 30.0 Å². The average Bonchev–Trinajstić information content (AvgIpc) is 2.31. The van der Waals surface area contributed by atoms with Crippen molar-refractivity contribution in [3.05, 3.63) is 22.9 Å². The number of halogens is 3. The molecule has 0 atom stereocenters. The fraction of sp³-hybridized carbons (Fsp3) is 0.455. The van der Waals surface area contributed by atoms with E-state index in [2.05, 4.69) is 4.98 Å². The molecule has 1 rings (SSSR count). The topological polar surface area (TPSA) is 65.2 Å². The van der Waals surface area contributed by atoms with Gasteiger partial charge < -0.3 is 10.5 Å². The predicted octanol–water partition coefficient (Wildman–Crippen LogP) is 2.45. The second kappa shape index (κ2) is 6.49. The summed E-state index contributed by atoms with van der Waals surface area (Å²) in [6.45, 7) is 1.80. The fourth-order valence-electron chi connectivity index (χ4n) is 1.55. The zero-order valence-corrected chi connectivity index (χ0v) is 10.5. The molecule has 0 spiro atoms. The van der Waals surface area contributed by atoms with Gasteiger partial charge in [-0.1, -0.05) is 0 Å². The summed E-state index contributed by atoms with van der Waals surface area (Å²) < 4.78 is 30.7. The number of ether oxygens (including phenoxy) is 1. The van der Waals surface area contributed by atoms with Gasteiger partial charge in [0.1, 0.15) is 5.82 Å². The largest absolute Gasteiger partial charge is 0.466 e. The van der Waals surface area contributed by atoms with Crippen LogP contribution in [0.25, 0.3) is 0 Å². The summed E-state index contributed by atoms with van der Waals surface area (Å²) in [5.74, 6) is -0.852. The lowest BCUT2D eigenvalue weighted by Crippen LogP contribution is -2.14. The molecule has 0 saturated carbocycles. The van der Waals surface area contributed by atoms with Crippen molar-refractivity contribution < 1.29 is 18.3 Å². The summed E-state index contributed by atoms with van der Waals surface area (Å²) >= 11 is 5.57. The number of pyridine rings is 1. The molecule has 0 fully saturated rings. The zero-order valence-electron chi connectivity index (χ0n) is 9.75. The van der Waals surface area contributed by atoms with Gasteiger partial charge in [-0.2, -0.15) is 0 Å². The van der Waals surface area contributed by atoms with Crippen LogP contribution < -0.4 is 5.73 Å². The Morgan fingerprint density at radius 1 is 1.61 bits per heavy atom. The maximum atomic E-state index is 13.0. The van der Waals surface area contributed by atoms with Gasteiger partial charge in [0.15, 0.2) is 0 Å². The molecule has 2 N–H and O–H groups in total. The molecular weight excluding hydrogens is 266 g/mol. The summed E-state index contributed by atoms with van der Waals surface area (Å²) in [7, 11) is 0. The minimum atomic E-state index is -2.77. The Morgan fingerprint density at radius 2 is 2.28 bits per heavy atom. The zero-order chi connectivity index (χ0) is 13.7.